The largest absolute Gasteiger partial charge is 0.483 e. The fraction of sp³-hybridized carbons (Fsp3) is 0.446. The van der Waals surface area contributed by atoms with Crippen molar-refractivity contribution >= 4 is 22.9 Å². The summed E-state index contributed by atoms with van der Waals surface area (Å²) in [5, 5.41) is 21.7. The Hall–Kier alpha value is -5.55. The summed E-state index contributed by atoms with van der Waals surface area (Å²) in [6.45, 7) is 3.13. The minimum Gasteiger partial charge on any atom is -0.483 e. The average Bonchev–Trinajstić information content (AvgIpc) is 3.89. The van der Waals surface area contributed by atoms with Gasteiger partial charge in [0.2, 0.25) is 0 Å². The molecule has 0 radical (unpaired) electrons. The van der Waals surface area contributed by atoms with Gasteiger partial charge in [-0.3, -0.25) is 4.79 Å². The van der Waals surface area contributed by atoms with Crippen molar-refractivity contribution in [3.63, 3.8) is 0 Å². The van der Waals surface area contributed by atoms with Gasteiger partial charge < -0.3 is 33.6 Å². The van der Waals surface area contributed by atoms with Crippen LogP contribution in [-0.2, 0) is 49.7 Å². The van der Waals surface area contributed by atoms with Gasteiger partial charge in [0.15, 0.2) is 12.2 Å². The standard InChI is InChI=1S/C56H62O10/c1-34(32-57)43-22-18-35-16-19-38(20-17-35)44-23-21-40(39-13-9-12-37(29-39)28-36-10-5-4-6-11-36)30-41(44)31-49(59)63-52-50-48(66-56(2,42-14-7-8-15-42)53(52)65-54(43)60)25-24-45-47(33-58)46(26-27-62-3)55(61)64-51(45)50/h4-6,9-13,16-17,19-20,24-25,29,40-42,44,52-53,57-58H,7-8,14-15,18,21-23,26-28,30-33H2,1-3H3. The maximum atomic E-state index is 15.1. The zero-order valence-corrected chi connectivity index (χ0v) is 38.4. The molecule has 10 rings (SSSR count). The van der Waals surface area contributed by atoms with Gasteiger partial charge in [-0.05, 0) is 134 Å². The number of ether oxygens (including phenoxy) is 4. The summed E-state index contributed by atoms with van der Waals surface area (Å²) in [5.41, 5.74) is 6.10. The van der Waals surface area contributed by atoms with Crippen LogP contribution in [0.25, 0.3) is 11.0 Å². The number of fused-ring (bicyclic) bond motifs is 11. The third-order valence-corrected chi connectivity index (χ3v) is 15.3. The van der Waals surface area contributed by atoms with E-state index in [2.05, 4.69) is 72.8 Å². The summed E-state index contributed by atoms with van der Waals surface area (Å²) < 4.78 is 32.0. The second-order valence-electron chi connectivity index (χ2n) is 19.3. The van der Waals surface area contributed by atoms with Crippen LogP contribution in [0.3, 0.4) is 0 Å². The monoisotopic (exact) mass is 894 g/mol. The van der Waals surface area contributed by atoms with E-state index in [1.54, 1.807) is 26.2 Å². The summed E-state index contributed by atoms with van der Waals surface area (Å²) in [6.07, 6.45) is 5.80. The highest BCUT2D eigenvalue weighted by Crippen LogP contribution is 2.53. The van der Waals surface area contributed by atoms with E-state index < -0.39 is 42.0 Å². The number of hydrogen-bond acceptors (Lipinski definition) is 10. The predicted molar refractivity (Wildman–Crippen MR) is 251 cm³/mol. The van der Waals surface area contributed by atoms with E-state index in [0.717, 1.165) is 56.9 Å². The SMILES string of the molecule is COCCc1c(CO)c2ccc3c(c2oc1=O)C1OC(=O)CC2CC(c4cccc(Cc5ccccc5)c4)CCC2c2ccc(cc2)CCC(=C(C)CO)C(=O)OC1C(C)(C1CCCC1)O3. The summed E-state index contributed by atoms with van der Waals surface area (Å²) in [7, 11) is 1.54. The molecule has 2 saturated carbocycles. The Kier molecular flexibility index (Phi) is 13.6. The number of aliphatic hydroxyl groups excluding tert-OH is 2. The number of esters is 2. The summed E-state index contributed by atoms with van der Waals surface area (Å²) in [5.74, 6) is -0.548. The van der Waals surface area contributed by atoms with Crippen molar-refractivity contribution in [1.29, 1.82) is 0 Å². The zero-order valence-electron chi connectivity index (χ0n) is 38.4. The number of hydrogen-bond donors (Lipinski definition) is 2. The summed E-state index contributed by atoms with van der Waals surface area (Å²) >= 11 is 0. The van der Waals surface area contributed by atoms with Gasteiger partial charge in [-0.25, -0.2) is 9.59 Å². The number of benzene rings is 4. The maximum Gasteiger partial charge on any atom is 0.339 e. The molecule has 66 heavy (non-hydrogen) atoms. The topological polar surface area (TPSA) is 142 Å². The highest BCUT2D eigenvalue weighted by molar-refractivity contribution is 5.90. The summed E-state index contributed by atoms with van der Waals surface area (Å²) in [4.78, 5) is 43.7. The molecule has 2 bridgehead atoms. The number of rotatable bonds is 9. The fourth-order valence-corrected chi connectivity index (χ4v) is 11.6. The highest BCUT2D eigenvalue weighted by atomic mass is 16.6. The molecule has 346 valence electrons. The van der Waals surface area contributed by atoms with Gasteiger partial charge in [-0.2, -0.15) is 0 Å². The molecular formula is C56H62O10. The molecule has 0 saturated heterocycles. The second kappa shape index (κ2) is 19.7. The van der Waals surface area contributed by atoms with Crippen molar-refractivity contribution in [3.8, 4) is 5.75 Å². The van der Waals surface area contributed by atoms with Crippen LogP contribution in [0.1, 0.15) is 134 Å². The fourth-order valence-electron chi connectivity index (χ4n) is 11.6. The van der Waals surface area contributed by atoms with Crippen LogP contribution in [0.5, 0.6) is 5.75 Å². The Morgan fingerprint density at radius 3 is 2.33 bits per heavy atom. The molecule has 6 unspecified atom stereocenters. The van der Waals surface area contributed by atoms with Crippen molar-refractivity contribution in [2.24, 2.45) is 11.8 Å². The molecule has 10 heteroatoms. The quantitative estimate of drug-likeness (QED) is 0.0835. The van der Waals surface area contributed by atoms with Crippen LogP contribution in [0.2, 0.25) is 0 Å². The Bertz CT molecular complexity index is 2640. The van der Waals surface area contributed by atoms with Crippen molar-refractivity contribution in [2.45, 2.75) is 127 Å². The molecule has 3 aliphatic heterocycles. The molecule has 2 aliphatic carbocycles. The lowest BCUT2D eigenvalue weighted by Crippen LogP contribution is -2.58. The maximum absolute atomic E-state index is 15.1. The van der Waals surface area contributed by atoms with Crippen molar-refractivity contribution < 1.29 is 43.2 Å². The summed E-state index contributed by atoms with van der Waals surface area (Å²) in [6, 6.07) is 31.5. The second-order valence-corrected chi connectivity index (χ2v) is 19.3. The van der Waals surface area contributed by atoms with E-state index in [1.165, 1.54) is 22.3 Å². The van der Waals surface area contributed by atoms with Gasteiger partial charge in [0.05, 0.1) is 25.4 Å². The number of carbonyl (C=O) groups is 2. The highest BCUT2D eigenvalue weighted by Gasteiger charge is 2.57. The molecule has 4 heterocycles. The number of aryl methyl sites for hydroxylation is 1. The average molecular weight is 895 g/mol. The molecule has 2 fully saturated rings. The van der Waals surface area contributed by atoms with Gasteiger partial charge in [0.1, 0.15) is 16.9 Å². The molecule has 10 nitrogen and oxygen atoms in total. The van der Waals surface area contributed by atoms with Gasteiger partial charge in [-0.1, -0.05) is 91.7 Å². The van der Waals surface area contributed by atoms with Crippen LogP contribution < -0.4 is 10.4 Å². The van der Waals surface area contributed by atoms with E-state index in [-0.39, 0.29) is 60.9 Å². The normalized spacial score (nSPS) is 25.6. The first kappa shape index (κ1) is 45.6. The first-order chi connectivity index (χ1) is 32.1. The Labute approximate surface area is 386 Å². The van der Waals surface area contributed by atoms with E-state index >= 15 is 4.79 Å². The third-order valence-electron chi connectivity index (χ3n) is 15.3. The van der Waals surface area contributed by atoms with Crippen molar-refractivity contribution in [1.82, 2.24) is 0 Å². The number of aliphatic hydroxyl groups is 2. The number of carbonyl (C=O) groups excluding carboxylic acids is 2. The molecule has 0 spiro atoms. The van der Waals surface area contributed by atoms with Gasteiger partial charge in [0.25, 0.3) is 0 Å². The minimum atomic E-state index is -1.24. The first-order valence-electron chi connectivity index (χ1n) is 23.9. The third kappa shape index (κ3) is 9.12. The Morgan fingerprint density at radius 2 is 1.59 bits per heavy atom. The lowest BCUT2D eigenvalue weighted by molar-refractivity contribution is -0.199. The van der Waals surface area contributed by atoms with Crippen LogP contribution in [0.4, 0.5) is 0 Å². The zero-order chi connectivity index (χ0) is 46.0. The molecule has 5 aliphatic rings. The van der Waals surface area contributed by atoms with Gasteiger partial charge in [-0.15, -0.1) is 0 Å². The molecule has 4 aromatic carbocycles. The van der Waals surface area contributed by atoms with Crippen LogP contribution in [-0.4, -0.2) is 54.2 Å². The number of methoxy groups -OCH3 is 1. The van der Waals surface area contributed by atoms with E-state index in [4.69, 9.17) is 23.4 Å². The smallest absolute Gasteiger partial charge is 0.339 e. The van der Waals surface area contributed by atoms with Crippen molar-refractivity contribution in [2.75, 3.05) is 20.3 Å². The molecule has 5 aromatic rings. The molecular weight excluding hydrogens is 833 g/mol. The van der Waals surface area contributed by atoms with Gasteiger partial charge >= 0.3 is 17.6 Å². The predicted octanol–water partition coefficient (Wildman–Crippen LogP) is 9.92. The first-order valence-corrected chi connectivity index (χ1v) is 23.9. The Morgan fingerprint density at radius 1 is 0.818 bits per heavy atom. The minimum absolute atomic E-state index is 0.0622. The lowest BCUT2D eigenvalue weighted by Gasteiger charge is -2.48. The van der Waals surface area contributed by atoms with Crippen LogP contribution in [0.15, 0.2) is 111 Å². The van der Waals surface area contributed by atoms with E-state index in [9.17, 15) is 19.8 Å². The molecule has 1 aromatic heterocycles. The Balaban J connectivity index is 1.16. The van der Waals surface area contributed by atoms with Crippen LogP contribution in [0, 0.1) is 11.8 Å². The van der Waals surface area contributed by atoms with E-state index in [0.29, 0.717) is 46.3 Å². The molecule has 2 N–H and O–H groups in total. The molecule has 6 atom stereocenters. The van der Waals surface area contributed by atoms with Gasteiger partial charge in [0, 0.05) is 42.4 Å². The van der Waals surface area contributed by atoms with Crippen LogP contribution >= 0.6 is 0 Å². The van der Waals surface area contributed by atoms with Crippen molar-refractivity contribution in [3.05, 3.63) is 157 Å². The lowest BCUT2D eigenvalue weighted by atomic mass is 9.68. The molecule has 0 amide bonds. The van der Waals surface area contributed by atoms with E-state index in [1.807, 2.05) is 13.0 Å².